The largest absolute Gasteiger partial charge is 0.345 e. The normalized spacial score (nSPS) is 10.6. The van der Waals surface area contributed by atoms with E-state index in [4.69, 9.17) is 0 Å². The molecule has 1 heterocycles. The lowest BCUT2D eigenvalue weighted by molar-refractivity contribution is 0.0827. The summed E-state index contributed by atoms with van der Waals surface area (Å²) in [4.78, 5) is 17.5. The van der Waals surface area contributed by atoms with Crippen LogP contribution >= 0.6 is 0 Å². The number of benzene rings is 1. The highest BCUT2D eigenvalue weighted by Crippen LogP contribution is 2.06. The fourth-order valence-electron chi connectivity index (χ4n) is 2.08. The van der Waals surface area contributed by atoms with E-state index in [0.717, 1.165) is 25.2 Å². The maximum absolute atomic E-state index is 11.8. The molecular formula is C16H22N4O. The Balaban J connectivity index is 1.79. The zero-order chi connectivity index (χ0) is 15.2. The Morgan fingerprint density at radius 3 is 2.57 bits per heavy atom. The quantitative estimate of drug-likeness (QED) is 0.822. The Morgan fingerprint density at radius 1 is 1.29 bits per heavy atom. The van der Waals surface area contributed by atoms with Crippen LogP contribution in [-0.4, -0.2) is 41.0 Å². The summed E-state index contributed by atoms with van der Waals surface area (Å²) in [6.07, 6.45) is 3.71. The maximum Gasteiger partial charge on any atom is 0.253 e. The van der Waals surface area contributed by atoms with Gasteiger partial charge in [-0.25, -0.2) is 4.98 Å². The van der Waals surface area contributed by atoms with Crippen LogP contribution in [0.1, 0.15) is 21.6 Å². The van der Waals surface area contributed by atoms with Crippen LogP contribution in [0.25, 0.3) is 0 Å². The van der Waals surface area contributed by atoms with E-state index in [2.05, 4.69) is 14.9 Å². The Labute approximate surface area is 125 Å². The number of nitrogens with zero attached hydrogens (tertiary/aromatic N) is 3. The molecule has 112 valence electrons. The van der Waals surface area contributed by atoms with Crippen LogP contribution in [0.4, 0.5) is 0 Å². The van der Waals surface area contributed by atoms with Gasteiger partial charge in [0.15, 0.2) is 0 Å². The number of carbonyl (C=O) groups excluding carboxylic acids is 1. The molecule has 1 N–H and O–H groups in total. The molecule has 0 aliphatic rings. The molecule has 0 unspecified atom stereocenters. The lowest BCUT2D eigenvalue weighted by Crippen LogP contribution is -2.22. The third-order valence-corrected chi connectivity index (χ3v) is 3.39. The average Bonchev–Trinajstić information content (AvgIpc) is 2.89. The van der Waals surface area contributed by atoms with Crippen molar-refractivity contribution in [3.63, 3.8) is 0 Å². The number of rotatable bonds is 6. The number of amides is 1. The van der Waals surface area contributed by atoms with Gasteiger partial charge in [0.25, 0.3) is 5.91 Å². The molecular weight excluding hydrogens is 264 g/mol. The minimum atomic E-state index is 0.0325. The van der Waals surface area contributed by atoms with Gasteiger partial charge in [-0.1, -0.05) is 12.1 Å². The van der Waals surface area contributed by atoms with Gasteiger partial charge in [-0.3, -0.25) is 4.79 Å². The first-order chi connectivity index (χ1) is 10.1. The van der Waals surface area contributed by atoms with Crippen molar-refractivity contribution in [3.05, 3.63) is 53.6 Å². The summed E-state index contributed by atoms with van der Waals surface area (Å²) in [6.45, 7) is 4.64. The summed E-state index contributed by atoms with van der Waals surface area (Å²) < 4.78 is 2.12. The molecule has 5 nitrogen and oxygen atoms in total. The zero-order valence-corrected chi connectivity index (χ0v) is 12.8. The molecule has 1 aromatic heterocycles. The molecule has 0 fully saturated rings. The van der Waals surface area contributed by atoms with Gasteiger partial charge in [0.1, 0.15) is 0 Å². The Kier molecular flexibility index (Phi) is 5.11. The molecule has 1 amide bonds. The molecule has 5 heteroatoms. The number of carbonyl (C=O) groups is 1. The van der Waals surface area contributed by atoms with E-state index in [9.17, 15) is 4.79 Å². The number of imidazole rings is 1. The fourth-order valence-corrected chi connectivity index (χ4v) is 2.08. The van der Waals surface area contributed by atoms with Crippen LogP contribution in [0.15, 0.2) is 36.8 Å². The number of hydrogen-bond donors (Lipinski definition) is 1. The minimum Gasteiger partial charge on any atom is -0.345 e. The van der Waals surface area contributed by atoms with Gasteiger partial charge in [-0.05, 0) is 24.6 Å². The number of aryl methyl sites for hydroxylation is 1. The lowest BCUT2D eigenvalue weighted by Gasteiger charge is -2.11. The van der Waals surface area contributed by atoms with Crippen LogP contribution in [0.2, 0.25) is 0 Å². The molecule has 0 radical (unpaired) electrons. The monoisotopic (exact) mass is 286 g/mol. The predicted octanol–water partition coefficient (Wildman–Crippen LogP) is 1.68. The van der Waals surface area contributed by atoms with Crippen molar-refractivity contribution < 1.29 is 4.79 Å². The van der Waals surface area contributed by atoms with Crippen LogP contribution in [-0.2, 0) is 13.1 Å². The first-order valence-electron chi connectivity index (χ1n) is 7.06. The predicted molar refractivity (Wildman–Crippen MR) is 83.1 cm³/mol. The van der Waals surface area contributed by atoms with E-state index >= 15 is 0 Å². The average molecular weight is 286 g/mol. The maximum atomic E-state index is 11.8. The van der Waals surface area contributed by atoms with Crippen molar-refractivity contribution >= 4 is 5.91 Å². The second-order valence-electron chi connectivity index (χ2n) is 5.30. The third kappa shape index (κ3) is 4.16. The summed E-state index contributed by atoms with van der Waals surface area (Å²) in [5.41, 5.74) is 3.06. The SMILES string of the molecule is Cc1cncn1CCNCc1ccc(C(=O)N(C)C)cc1. The standard InChI is InChI=1S/C16H22N4O/c1-13-10-18-12-20(13)9-8-17-11-14-4-6-15(7-5-14)16(21)19(2)3/h4-7,10,12,17H,8-9,11H2,1-3H3. The first-order valence-corrected chi connectivity index (χ1v) is 7.06. The molecule has 0 aliphatic heterocycles. The van der Waals surface area contributed by atoms with Crippen molar-refractivity contribution in [2.24, 2.45) is 0 Å². The summed E-state index contributed by atoms with van der Waals surface area (Å²) in [5.74, 6) is 0.0325. The van der Waals surface area contributed by atoms with Crippen molar-refractivity contribution in [2.75, 3.05) is 20.6 Å². The zero-order valence-electron chi connectivity index (χ0n) is 12.8. The molecule has 0 bridgehead atoms. The molecule has 2 rings (SSSR count). The van der Waals surface area contributed by atoms with Crippen molar-refractivity contribution in [2.45, 2.75) is 20.0 Å². The molecule has 21 heavy (non-hydrogen) atoms. The Bertz CT molecular complexity index is 587. The van der Waals surface area contributed by atoms with Crippen LogP contribution in [0.3, 0.4) is 0 Å². The third-order valence-electron chi connectivity index (χ3n) is 3.39. The van der Waals surface area contributed by atoms with Gasteiger partial charge >= 0.3 is 0 Å². The number of nitrogens with one attached hydrogen (secondary N) is 1. The highest BCUT2D eigenvalue weighted by atomic mass is 16.2. The molecule has 1 aromatic carbocycles. The topological polar surface area (TPSA) is 50.2 Å². The summed E-state index contributed by atoms with van der Waals surface area (Å²) in [7, 11) is 3.52. The van der Waals surface area contributed by atoms with Gasteiger partial charge in [0.05, 0.1) is 6.33 Å². The van der Waals surface area contributed by atoms with Gasteiger partial charge in [-0.2, -0.15) is 0 Å². The second-order valence-corrected chi connectivity index (χ2v) is 5.30. The Hall–Kier alpha value is -2.14. The smallest absolute Gasteiger partial charge is 0.253 e. The van der Waals surface area contributed by atoms with E-state index in [0.29, 0.717) is 0 Å². The molecule has 0 saturated carbocycles. The summed E-state index contributed by atoms with van der Waals surface area (Å²) in [5, 5.41) is 3.39. The van der Waals surface area contributed by atoms with Gasteiger partial charge < -0.3 is 14.8 Å². The molecule has 0 spiro atoms. The van der Waals surface area contributed by atoms with Gasteiger partial charge in [0.2, 0.25) is 0 Å². The minimum absolute atomic E-state index is 0.0325. The van der Waals surface area contributed by atoms with Crippen molar-refractivity contribution in [1.29, 1.82) is 0 Å². The summed E-state index contributed by atoms with van der Waals surface area (Å²) in [6, 6.07) is 7.73. The second kappa shape index (κ2) is 7.04. The van der Waals surface area contributed by atoms with Crippen LogP contribution < -0.4 is 5.32 Å². The lowest BCUT2D eigenvalue weighted by atomic mass is 10.1. The van der Waals surface area contributed by atoms with E-state index in [1.54, 1.807) is 19.0 Å². The highest BCUT2D eigenvalue weighted by Gasteiger charge is 2.06. The number of hydrogen-bond acceptors (Lipinski definition) is 3. The van der Waals surface area contributed by atoms with E-state index in [-0.39, 0.29) is 5.91 Å². The summed E-state index contributed by atoms with van der Waals surface area (Å²) >= 11 is 0. The number of aromatic nitrogens is 2. The molecule has 0 saturated heterocycles. The van der Waals surface area contributed by atoms with Crippen molar-refractivity contribution in [1.82, 2.24) is 19.8 Å². The Morgan fingerprint density at radius 2 is 2.00 bits per heavy atom. The van der Waals surface area contributed by atoms with Crippen molar-refractivity contribution in [3.8, 4) is 0 Å². The van der Waals surface area contributed by atoms with Crippen LogP contribution in [0.5, 0.6) is 0 Å². The highest BCUT2D eigenvalue weighted by molar-refractivity contribution is 5.93. The van der Waals surface area contributed by atoms with Crippen LogP contribution in [0, 0.1) is 6.92 Å². The molecule has 0 atom stereocenters. The van der Waals surface area contributed by atoms with Gasteiger partial charge in [0, 0.05) is 51.2 Å². The van der Waals surface area contributed by atoms with E-state index in [1.807, 2.05) is 43.7 Å². The van der Waals surface area contributed by atoms with E-state index in [1.165, 1.54) is 11.3 Å². The first kappa shape index (κ1) is 15.3. The molecule has 2 aromatic rings. The molecule has 0 aliphatic carbocycles. The van der Waals surface area contributed by atoms with Gasteiger partial charge in [-0.15, -0.1) is 0 Å². The van der Waals surface area contributed by atoms with E-state index < -0.39 is 0 Å². The fraction of sp³-hybridized carbons (Fsp3) is 0.375.